The van der Waals surface area contributed by atoms with Gasteiger partial charge in [-0.25, -0.2) is 0 Å². The van der Waals surface area contributed by atoms with E-state index >= 15 is 0 Å². The second-order valence-electron chi connectivity index (χ2n) is 2.89. The van der Waals surface area contributed by atoms with Gasteiger partial charge in [0.05, 0.1) is 6.61 Å². The van der Waals surface area contributed by atoms with Crippen LogP contribution in [0.4, 0.5) is 0 Å². The molecule has 0 spiro atoms. The van der Waals surface area contributed by atoms with Gasteiger partial charge in [0.15, 0.2) is 0 Å². The van der Waals surface area contributed by atoms with Crippen LogP contribution in [-0.4, -0.2) is 28.8 Å². The van der Waals surface area contributed by atoms with Crippen LogP contribution in [0.1, 0.15) is 25.7 Å². The van der Waals surface area contributed by atoms with Gasteiger partial charge in [0, 0.05) is 32.7 Å². The molecule has 1 saturated carbocycles. The quantitative estimate of drug-likeness (QED) is 0.453. The first kappa shape index (κ1) is 16.6. The number of ether oxygens (including phenoxy) is 1. The molecule has 81 valence electrons. The minimum absolute atomic E-state index is 0. The number of aliphatic hydroxyl groups excluding tert-OH is 1. The predicted molar refractivity (Wildman–Crippen MR) is 43.8 cm³/mol. The monoisotopic (exact) mass is 282 g/mol. The van der Waals surface area contributed by atoms with Crippen molar-refractivity contribution in [3.8, 4) is 0 Å². The molecular formula is C7H15NO5Y. The van der Waals surface area contributed by atoms with E-state index in [1.54, 1.807) is 0 Å². The molecule has 0 aromatic rings. The van der Waals surface area contributed by atoms with E-state index in [0.29, 0.717) is 0 Å². The van der Waals surface area contributed by atoms with Crippen LogP contribution in [-0.2, 0) is 37.4 Å². The average molecular weight is 282 g/mol. The van der Waals surface area contributed by atoms with E-state index in [1.165, 1.54) is 25.7 Å². The molecule has 0 unspecified atom stereocenters. The molecule has 1 aliphatic carbocycles. The summed E-state index contributed by atoms with van der Waals surface area (Å²) in [5.41, 5.74) is 0. The van der Waals surface area contributed by atoms with E-state index in [2.05, 4.69) is 0 Å². The van der Waals surface area contributed by atoms with Crippen molar-refractivity contribution in [3.63, 3.8) is 0 Å². The standard InChI is InChI=1S/C7H14O2.HNO3.Y/c8-6-9-5-7-3-1-2-4-7;2-1(3)4;/h7-8H,1-6H2;(H,2,3,4);. The Hall–Kier alpha value is 0.224. The van der Waals surface area contributed by atoms with E-state index in [0.717, 1.165) is 12.5 Å². The topological polar surface area (TPSA) is 92.8 Å². The van der Waals surface area contributed by atoms with Crippen LogP contribution >= 0.6 is 0 Å². The molecule has 14 heavy (non-hydrogen) atoms. The van der Waals surface area contributed by atoms with Gasteiger partial charge in [-0.1, -0.05) is 12.8 Å². The van der Waals surface area contributed by atoms with Gasteiger partial charge in [0.25, 0.3) is 5.09 Å². The summed E-state index contributed by atoms with van der Waals surface area (Å²) < 4.78 is 4.87. The molecule has 6 nitrogen and oxygen atoms in total. The molecule has 1 rings (SSSR count). The summed E-state index contributed by atoms with van der Waals surface area (Å²) in [5.74, 6) is 0.733. The van der Waals surface area contributed by atoms with Crippen LogP contribution in [0.5, 0.6) is 0 Å². The molecule has 1 fully saturated rings. The van der Waals surface area contributed by atoms with Crippen LogP contribution in [0, 0.1) is 16.0 Å². The van der Waals surface area contributed by atoms with E-state index in [4.69, 9.17) is 25.2 Å². The molecule has 0 amide bonds. The smallest absolute Gasteiger partial charge is 0.291 e. The normalized spacial score (nSPS) is 15.2. The third-order valence-electron chi connectivity index (χ3n) is 1.92. The molecule has 0 aromatic heterocycles. The molecule has 2 N–H and O–H groups in total. The molecule has 0 aliphatic heterocycles. The zero-order valence-electron chi connectivity index (χ0n) is 7.96. The van der Waals surface area contributed by atoms with Gasteiger partial charge in [-0.3, -0.25) is 0 Å². The van der Waals surface area contributed by atoms with Crippen LogP contribution in [0.2, 0.25) is 0 Å². The van der Waals surface area contributed by atoms with E-state index < -0.39 is 5.09 Å². The van der Waals surface area contributed by atoms with Gasteiger partial charge >= 0.3 is 0 Å². The fraction of sp³-hybridized carbons (Fsp3) is 1.00. The summed E-state index contributed by atoms with van der Waals surface area (Å²) in [6.45, 7) is 0.646. The molecule has 0 bridgehead atoms. The number of nitrogens with zero attached hydrogens (tertiary/aromatic N) is 1. The Morgan fingerprint density at radius 1 is 1.43 bits per heavy atom. The molecule has 0 heterocycles. The first-order valence-electron chi connectivity index (χ1n) is 4.18. The second-order valence-corrected chi connectivity index (χ2v) is 2.89. The summed E-state index contributed by atoms with van der Waals surface area (Å²) in [5, 5.41) is 21.9. The maximum absolute atomic E-state index is 8.36. The Kier molecular flexibility index (Phi) is 13.4. The fourth-order valence-electron chi connectivity index (χ4n) is 1.40. The first-order valence-corrected chi connectivity index (χ1v) is 4.18. The Balaban J connectivity index is 0. The summed E-state index contributed by atoms with van der Waals surface area (Å²) in [6.07, 6.45) is 5.28. The maximum Gasteiger partial charge on any atom is 0.291 e. The van der Waals surface area contributed by atoms with Crippen molar-refractivity contribution in [3.05, 3.63) is 10.1 Å². The molecular weight excluding hydrogens is 267 g/mol. The van der Waals surface area contributed by atoms with Crippen LogP contribution in [0.25, 0.3) is 0 Å². The van der Waals surface area contributed by atoms with Crippen molar-refractivity contribution >= 4 is 0 Å². The van der Waals surface area contributed by atoms with Gasteiger partial charge in [-0.2, -0.15) is 0 Å². The third-order valence-corrected chi connectivity index (χ3v) is 1.92. The third kappa shape index (κ3) is 12.2. The fourth-order valence-corrected chi connectivity index (χ4v) is 1.40. The number of rotatable bonds is 3. The van der Waals surface area contributed by atoms with E-state index in [1.807, 2.05) is 0 Å². The summed E-state index contributed by atoms with van der Waals surface area (Å²) >= 11 is 0. The molecule has 1 radical (unpaired) electrons. The predicted octanol–water partition coefficient (Wildman–Crippen LogP) is 0.793. The number of hydrogen-bond donors (Lipinski definition) is 2. The van der Waals surface area contributed by atoms with Crippen LogP contribution < -0.4 is 0 Å². The van der Waals surface area contributed by atoms with Crippen molar-refractivity contribution in [1.29, 1.82) is 0 Å². The largest absolute Gasteiger partial charge is 0.371 e. The minimum Gasteiger partial charge on any atom is -0.371 e. The van der Waals surface area contributed by atoms with Crippen LogP contribution in [0.15, 0.2) is 0 Å². The van der Waals surface area contributed by atoms with Crippen molar-refractivity contribution in [2.45, 2.75) is 25.7 Å². The van der Waals surface area contributed by atoms with E-state index in [-0.39, 0.29) is 39.5 Å². The van der Waals surface area contributed by atoms with Crippen molar-refractivity contribution < 1.29 is 52.8 Å². The molecule has 1 aliphatic rings. The van der Waals surface area contributed by atoms with Crippen molar-refractivity contribution in [2.24, 2.45) is 5.92 Å². The Morgan fingerprint density at radius 2 is 1.86 bits per heavy atom. The SMILES string of the molecule is O=[N+]([O-])O.OCOCC1CCCC1.[Y]. The summed E-state index contributed by atoms with van der Waals surface area (Å²) in [4.78, 5) is 8.36. The van der Waals surface area contributed by atoms with Gasteiger partial charge in [-0.05, 0) is 18.8 Å². The molecule has 7 heteroatoms. The van der Waals surface area contributed by atoms with Gasteiger partial charge in [0.1, 0.15) is 6.79 Å². The molecule has 0 aromatic carbocycles. The Labute approximate surface area is 108 Å². The maximum atomic E-state index is 8.36. The minimum atomic E-state index is -1.50. The van der Waals surface area contributed by atoms with Gasteiger partial charge in [-0.15, -0.1) is 10.1 Å². The van der Waals surface area contributed by atoms with Crippen molar-refractivity contribution in [1.82, 2.24) is 0 Å². The number of aliphatic hydroxyl groups is 1. The summed E-state index contributed by atoms with van der Waals surface area (Å²) in [6, 6.07) is 0. The van der Waals surface area contributed by atoms with Gasteiger partial charge < -0.3 is 15.1 Å². The Morgan fingerprint density at radius 3 is 2.21 bits per heavy atom. The second kappa shape index (κ2) is 11.3. The van der Waals surface area contributed by atoms with Crippen LogP contribution in [0.3, 0.4) is 0 Å². The Bertz CT molecular complexity index is 136. The zero-order valence-corrected chi connectivity index (χ0v) is 10.8. The van der Waals surface area contributed by atoms with E-state index in [9.17, 15) is 0 Å². The number of hydrogen-bond acceptors (Lipinski definition) is 4. The summed E-state index contributed by atoms with van der Waals surface area (Å²) in [7, 11) is 0. The van der Waals surface area contributed by atoms with Gasteiger partial charge in [0.2, 0.25) is 0 Å². The molecule has 0 atom stereocenters. The zero-order chi connectivity index (χ0) is 10.1. The first-order chi connectivity index (χ1) is 6.16. The molecule has 0 saturated heterocycles. The van der Waals surface area contributed by atoms with Crippen molar-refractivity contribution in [2.75, 3.05) is 13.4 Å². The average Bonchev–Trinajstić information content (AvgIpc) is 2.51.